The second-order valence-electron chi connectivity index (χ2n) is 6.21. The molecule has 3 aromatic carbocycles. The van der Waals surface area contributed by atoms with Crippen LogP contribution in [0.25, 0.3) is 17.1 Å². The first-order chi connectivity index (χ1) is 14.4. The zero-order valence-electron chi connectivity index (χ0n) is 15.1. The molecule has 0 saturated heterocycles. The molecule has 9 heteroatoms. The Morgan fingerprint density at radius 3 is 2.37 bits per heavy atom. The van der Waals surface area contributed by atoms with E-state index >= 15 is 0 Å². The number of hydrogen-bond acceptors (Lipinski definition) is 3. The topological polar surface area (TPSA) is 59.8 Å². The lowest BCUT2D eigenvalue weighted by Gasteiger charge is -2.07. The summed E-state index contributed by atoms with van der Waals surface area (Å²) in [4.78, 5) is 17.2. The highest BCUT2D eigenvalue weighted by molar-refractivity contribution is 6.42. The summed E-state index contributed by atoms with van der Waals surface area (Å²) in [5.41, 5.74) is 1.72. The summed E-state index contributed by atoms with van der Waals surface area (Å²) >= 11 is 24.5. The minimum absolute atomic E-state index is 0.0454. The van der Waals surface area contributed by atoms with Crippen molar-refractivity contribution in [1.82, 2.24) is 14.8 Å². The van der Waals surface area contributed by atoms with E-state index in [2.05, 4.69) is 15.4 Å². The molecular formula is C21H12Cl4N4O. The number of carbonyl (C=O) groups is 1. The van der Waals surface area contributed by atoms with Crippen LogP contribution in [-0.4, -0.2) is 20.7 Å². The first-order valence-corrected chi connectivity index (χ1v) is 10.2. The van der Waals surface area contributed by atoms with Crippen LogP contribution >= 0.6 is 46.4 Å². The number of anilines is 1. The lowest BCUT2D eigenvalue weighted by molar-refractivity contribution is 0.101. The standard InChI is InChI=1S/C21H12Cl4N4O/c22-13-5-3-4-12(10-13)20-27-19(21(30)26-18-7-2-1-6-16(18)24)28-29(20)14-8-9-15(23)17(25)11-14/h1-11H,(H,26,30). The fraction of sp³-hybridized carbons (Fsp3) is 0. The zero-order valence-corrected chi connectivity index (χ0v) is 18.1. The van der Waals surface area contributed by atoms with Gasteiger partial charge in [-0.05, 0) is 42.5 Å². The number of para-hydroxylation sites is 1. The highest BCUT2D eigenvalue weighted by Crippen LogP contribution is 2.29. The van der Waals surface area contributed by atoms with Crippen LogP contribution in [0.15, 0.2) is 66.7 Å². The van der Waals surface area contributed by atoms with Gasteiger partial charge < -0.3 is 5.32 Å². The monoisotopic (exact) mass is 476 g/mol. The van der Waals surface area contributed by atoms with E-state index < -0.39 is 5.91 Å². The van der Waals surface area contributed by atoms with Crippen molar-refractivity contribution in [3.05, 3.63) is 92.6 Å². The molecule has 1 aromatic heterocycles. The number of nitrogens with zero attached hydrogens (tertiary/aromatic N) is 3. The third-order valence-corrected chi connectivity index (χ3v) is 5.47. The summed E-state index contributed by atoms with van der Waals surface area (Å²) < 4.78 is 1.51. The Morgan fingerprint density at radius 1 is 0.833 bits per heavy atom. The van der Waals surface area contributed by atoms with Gasteiger partial charge in [0.25, 0.3) is 5.91 Å². The quantitative estimate of drug-likeness (QED) is 0.351. The number of rotatable bonds is 4. The first-order valence-electron chi connectivity index (χ1n) is 8.66. The van der Waals surface area contributed by atoms with Crippen molar-refractivity contribution in [2.45, 2.75) is 0 Å². The predicted octanol–water partition coefficient (Wildman–Crippen LogP) is 6.80. The Kier molecular flexibility index (Phi) is 5.97. The summed E-state index contributed by atoms with van der Waals surface area (Å²) in [5.74, 6) is -0.138. The molecule has 30 heavy (non-hydrogen) atoms. The first kappa shape index (κ1) is 20.7. The minimum Gasteiger partial charge on any atom is -0.318 e. The third-order valence-electron chi connectivity index (χ3n) is 4.16. The molecular weight excluding hydrogens is 466 g/mol. The maximum absolute atomic E-state index is 12.8. The van der Waals surface area contributed by atoms with Crippen molar-refractivity contribution >= 4 is 58.0 Å². The number of carbonyl (C=O) groups excluding carboxylic acids is 1. The van der Waals surface area contributed by atoms with Gasteiger partial charge in [0.05, 0.1) is 26.4 Å². The fourth-order valence-corrected chi connectivity index (χ4v) is 3.43. The number of amides is 1. The van der Waals surface area contributed by atoms with E-state index in [-0.39, 0.29) is 5.82 Å². The van der Waals surface area contributed by atoms with E-state index in [1.807, 2.05) is 6.07 Å². The average molecular weight is 478 g/mol. The Hall–Kier alpha value is -2.57. The number of benzene rings is 3. The van der Waals surface area contributed by atoms with Gasteiger partial charge in [-0.1, -0.05) is 70.7 Å². The van der Waals surface area contributed by atoms with Crippen LogP contribution in [0.2, 0.25) is 20.1 Å². The van der Waals surface area contributed by atoms with E-state index in [0.717, 1.165) is 0 Å². The van der Waals surface area contributed by atoms with Crippen molar-refractivity contribution in [2.75, 3.05) is 5.32 Å². The summed E-state index contributed by atoms with van der Waals surface area (Å²) in [7, 11) is 0. The van der Waals surface area contributed by atoms with Crippen molar-refractivity contribution in [3.8, 4) is 17.1 Å². The zero-order chi connectivity index (χ0) is 21.3. The molecule has 4 aromatic rings. The third kappa shape index (κ3) is 4.30. The number of halogens is 4. The average Bonchev–Trinajstić information content (AvgIpc) is 3.17. The van der Waals surface area contributed by atoms with E-state index in [1.54, 1.807) is 60.7 Å². The van der Waals surface area contributed by atoms with Gasteiger partial charge in [-0.15, -0.1) is 5.10 Å². The molecule has 0 aliphatic rings. The molecule has 0 spiro atoms. The maximum atomic E-state index is 12.8. The molecule has 0 fully saturated rings. The van der Waals surface area contributed by atoms with Gasteiger partial charge in [-0.25, -0.2) is 9.67 Å². The number of nitrogens with one attached hydrogen (secondary N) is 1. The van der Waals surface area contributed by atoms with Crippen LogP contribution in [0, 0.1) is 0 Å². The van der Waals surface area contributed by atoms with Gasteiger partial charge in [0.2, 0.25) is 5.82 Å². The van der Waals surface area contributed by atoms with Crippen LogP contribution < -0.4 is 5.32 Å². The fourth-order valence-electron chi connectivity index (χ4n) is 2.76. The van der Waals surface area contributed by atoms with Gasteiger partial charge in [0.15, 0.2) is 5.82 Å². The van der Waals surface area contributed by atoms with Crippen molar-refractivity contribution in [1.29, 1.82) is 0 Å². The molecule has 0 unspecified atom stereocenters. The second-order valence-corrected chi connectivity index (χ2v) is 7.87. The number of hydrogen-bond donors (Lipinski definition) is 1. The second kappa shape index (κ2) is 8.66. The normalized spacial score (nSPS) is 10.8. The Morgan fingerprint density at radius 2 is 1.63 bits per heavy atom. The molecule has 0 aliphatic carbocycles. The van der Waals surface area contributed by atoms with Gasteiger partial charge in [-0.2, -0.15) is 0 Å². The van der Waals surface area contributed by atoms with E-state index in [4.69, 9.17) is 46.4 Å². The van der Waals surface area contributed by atoms with Gasteiger partial charge in [0.1, 0.15) is 0 Å². The molecule has 1 N–H and O–H groups in total. The molecule has 1 amide bonds. The molecule has 1 heterocycles. The van der Waals surface area contributed by atoms with Gasteiger partial charge in [0, 0.05) is 10.6 Å². The number of aromatic nitrogens is 3. The summed E-state index contributed by atoms with van der Waals surface area (Å²) in [6, 6.07) is 19.0. The maximum Gasteiger partial charge on any atom is 0.295 e. The van der Waals surface area contributed by atoms with Crippen molar-refractivity contribution in [3.63, 3.8) is 0 Å². The molecule has 0 aliphatic heterocycles. The van der Waals surface area contributed by atoms with Crippen molar-refractivity contribution < 1.29 is 4.79 Å². The highest BCUT2D eigenvalue weighted by Gasteiger charge is 2.20. The predicted molar refractivity (Wildman–Crippen MR) is 121 cm³/mol. The summed E-state index contributed by atoms with van der Waals surface area (Å²) in [6.45, 7) is 0. The van der Waals surface area contributed by atoms with Crippen LogP contribution in [0.4, 0.5) is 5.69 Å². The minimum atomic E-state index is -0.509. The van der Waals surface area contributed by atoms with Crippen molar-refractivity contribution in [2.24, 2.45) is 0 Å². The molecule has 4 rings (SSSR count). The lowest BCUT2D eigenvalue weighted by atomic mass is 10.2. The summed E-state index contributed by atoms with van der Waals surface area (Å²) in [5, 5.41) is 8.80. The SMILES string of the molecule is O=C(Nc1ccccc1Cl)c1nc(-c2cccc(Cl)c2)n(-c2ccc(Cl)c(Cl)c2)n1. The molecule has 0 atom stereocenters. The van der Waals surface area contributed by atoms with Gasteiger partial charge >= 0.3 is 0 Å². The molecule has 0 saturated carbocycles. The van der Waals surface area contributed by atoms with Crippen LogP contribution in [0.1, 0.15) is 10.6 Å². The largest absolute Gasteiger partial charge is 0.318 e. The smallest absolute Gasteiger partial charge is 0.295 e. The highest BCUT2D eigenvalue weighted by atomic mass is 35.5. The van der Waals surface area contributed by atoms with Gasteiger partial charge in [-0.3, -0.25) is 4.79 Å². The van der Waals surface area contributed by atoms with E-state index in [1.165, 1.54) is 4.68 Å². The lowest BCUT2D eigenvalue weighted by Crippen LogP contribution is -2.14. The molecule has 150 valence electrons. The van der Waals surface area contributed by atoms with Crippen LogP contribution in [-0.2, 0) is 0 Å². The summed E-state index contributed by atoms with van der Waals surface area (Å²) in [6.07, 6.45) is 0. The molecule has 0 bridgehead atoms. The Balaban J connectivity index is 1.80. The van der Waals surface area contributed by atoms with E-state index in [9.17, 15) is 4.79 Å². The van der Waals surface area contributed by atoms with E-state index in [0.29, 0.717) is 42.9 Å². The van der Waals surface area contributed by atoms with Crippen LogP contribution in [0.5, 0.6) is 0 Å². The molecule has 5 nitrogen and oxygen atoms in total. The Labute approximate surface area is 192 Å². The molecule has 0 radical (unpaired) electrons. The van der Waals surface area contributed by atoms with Crippen LogP contribution in [0.3, 0.4) is 0 Å². The Bertz CT molecular complexity index is 1260.